The Morgan fingerprint density at radius 2 is 1.92 bits per heavy atom. The smallest absolute Gasteiger partial charge is 0.267 e. The highest BCUT2D eigenvalue weighted by Crippen LogP contribution is 2.22. The molecule has 0 bridgehead atoms. The van der Waals surface area contributed by atoms with Crippen LogP contribution in [0, 0.1) is 0 Å². The first-order chi connectivity index (χ1) is 12.6. The Kier molecular flexibility index (Phi) is 5.63. The van der Waals surface area contributed by atoms with Crippen molar-refractivity contribution in [2.75, 3.05) is 6.54 Å². The molecule has 0 fully saturated rings. The fourth-order valence-electron chi connectivity index (χ4n) is 2.78. The van der Waals surface area contributed by atoms with Crippen LogP contribution in [-0.4, -0.2) is 27.1 Å². The van der Waals surface area contributed by atoms with Crippen LogP contribution in [0.3, 0.4) is 0 Å². The van der Waals surface area contributed by atoms with Gasteiger partial charge in [-0.25, -0.2) is 4.68 Å². The Labute approximate surface area is 156 Å². The molecule has 2 heterocycles. The molecule has 1 aromatic carbocycles. The second-order valence-electron chi connectivity index (χ2n) is 5.99. The molecule has 1 atom stereocenters. The molecular weight excluding hydrogens is 346 g/mol. The Bertz CT molecular complexity index is 920. The van der Waals surface area contributed by atoms with Gasteiger partial charge in [0.2, 0.25) is 5.91 Å². The lowest BCUT2D eigenvalue weighted by atomic mass is 10.2. The zero-order chi connectivity index (χ0) is 18.5. The maximum atomic E-state index is 13.0. The molecule has 0 aliphatic carbocycles. The van der Waals surface area contributed by atoms with E-state index in [0.29, 0.717) is 18.8 Å². The molecular formula is C20H21N3O2S. The summed E-state index contributed by atoms with van der Waals surface area (Å²) in [4.78, 5) is 28.0. The number of amides is 1. The van der Waals surface area contributed by atoms with E-state index in [9.17, 15) is 9.59 Å². The third-order valence-electron chi connectivity index (χ3n) is 4.23. The molecule has 3 aromatic rings. The molecule has 0 saturated heterocycles. The van der Waals surface area contributed by atoms with E-state index in [4.69, 9.17) is 0 Å². The number of rotatable bonds is 6. The van der Waals surface area contributed by atoms with Crippen LogP contribution in [0.25, 0.3) is 10.6 Å². The Hall–Kier alpha value is -2.73. The number of carbonyl (C=O) groups excluding carboxylic acids is 1. The van der Waals surface area contributed by atoms with Gasteiger partial charge in [0, 0.05) is 19.2 Å². The maximum Gasteiger partial charge on any atom is 0.267 e. The van der Waals surface area contributed by atoms with Crippen molar-refractivity contribution >= 4 is 17.2 Å². The average Bonchev–Trinajstić information content (AvgIpc) is 3.21. The molecule has 0 spiro atoms. The van der Waals surface area contributed by atoms with E-state index in [-0.39, 0.29) is 11.5 Å². The molecule has 5 nitrogen and oxygen atoms in total. The van der Waals surface area contributed by atoms with Gasteiger partial charge >= 0.3 is 0 Å². The molecule has 26 heavy (non-hydrogen) atoms. The molecule has 134 valence electrons. The van der Waals surface area contributed by atoms with Crippen molar-refractivity contribution in [1.82, 2.24) is 14.7 Å². The number of benzene rings is 1. The van der Waals surface area contributed by atoms with Crippen LogP contribution in [0.5, 0.6) is 0 Å². The number of aromatic nitrogens is 2. The number of hydrogen-bond acceptors (Lipinski definition) is 4. The zero-order valence-corrected chi connectivity index (χ0v) is 15.6. The number of hydrogen-bond donors (Lipinski definition) is 0. The highest BCUT2D eigenvalue weighted by molar-refractivity contribution is 7.13. The lowest BCUT2D eigenvalue weighted by Gasteiger charge is -2.25. The summed E-state index contributed by atoms with van der Waals surface area (Å²) in [5, 5.41) is 6.38. The minimum absolute atomic E-state index is 0.116. The van der Waals surface area contributed by atoms with Crippen LogP contribution >= 0.6 is 11.3 Å². The van der Waals surface area contributed by atoms with E-state index in [0.717, 1.165) is 10.4 Å². The first-order valence-electron chi connectivity index (χ1n) is 8.56. The highest BCUT2D eigenvalue weighted by Gasteiger charge is 2.23. The predicted molar refractivity (Wildman–Crippen MR) is 104 cm³/mol. The third-order valence-corrected chi connectivity index (χ3v) is 5.12. The zero-order valence-electron chi connectivity index (χ0n) is 14.8. The fourth-order valence-corrected chi connectivity index (χ4v) is 3.47. The Balaban J connectivity index is 1.85. The van der Waals surface area contributed by atoms with E-state index in [2.05, 4.69) is 5.10 Å². The number of nitrogens with zero attached hydrogens (tertiary/aromatic N) is 3. The van der Waals surface area contributed by atoms with Gasteiger partial charge in [0.25, 0.3) is 5.56 Å². The van der Waals surface area contributed by atoms with Gasteiger partial charge < -0.3 is 4.90 Å². The van der Waals surface area contributed by atoms with E-state index in [1.807, 2.05) is 54.8 Å². The number of thiophene rings is 1. The van der Waals surface area contributed by atoms with Gasteiger partial charge in [-0.15, -0.1) is 11.3 Å². The molecule has 3 rings (SSSR count). The molecule has 6 heteroatoms. The van der Waals surface area contributed by atoms with Crippen molar-refractivity contribution < 1.29 is 4.79 Å². The van der Waals surface area contributed by atoms with E-state index >= 15 is 0 Å². The fraction of sp³-hybridized carbons (Fsp3) is 0.250. The van der Waals surface area contributed by atoms with Crippen molar-refractivity contribution in [1.29, 1.82) is 0 Å². The summed E-state index contributed by atoms with van der Waals surface area (Å²) in [6.07, 6.45) is 0. The summed E-state index contributed by atoms with van der Waals surface area (Å²) in [5.74, 6) is -0.116. The molecule has 0 saturated carbocycles. The normalized spacial score (nSPS) is 11.9. The molecule has 2 aromatic heterocycles. The Morgan fingerprint density at radius 3 is 2.58 bits per heavy atom. The van der Waals surface area contributed by atoms with Gasteiger partial charge in [0.15, 0.2) is 0 Å². The summed E-state index contributed by atoms with van der Waals surface area (Å²) in [6.45, 7) is 4.74. The summed E-state index contributed by atoms with van der Waals surface area (Å²) in [6, 6.07) is 16.2. The summed E-state index contributed by atoms with van der Waals surface area (Å²) < 4.78 is 1.28. The number of carbonyl (C=O) groups is 1. The molecule has 0 aliphatic heterocycles. The van der Waals surface area contributed by atoms with Gasteiger partial charge in [0.05, 0.1) is 4.88 Å². The maximum absolute atomic E-state index is 13.0. The van der Waals surface area contributed by atoms with Crippen molar-refractivity contribution in [2.24, 2.45) is 0 Å². The third kappa shape index (κ3) is 3.91. The summed E-state index contributed by atoms with van der Waals surface area (Å²) >= 11 is 1.55. The van der Waals surface area contributed by atoms with Crippen molar-refractivity contribution in [3.05, 3.63) is 75.9 Å². The summed E-state index contributed by atoms with van der Waals surface area (Å²) in [7, 11) is 0. The highest BCUT2D eigenvalue weighted by atomic mass is 32.1. The van der Waals surface area contributed by atoms with E-state index < -0.39 is 6.04 Å². The van der Waals surface area contributed by atoms with Crippen LogP contribution in [0.1, 0.15) is 25.5 Å². The summed E-state index contributed by atoms with van der Waals surface area (Å²) in [5.41, 5.74) is 1.48. The molecule has 0 radical (unpaired) electrons. The standard InChI is InChI=1S/C20H21N3O2S/c1-3-22(14-16-8-5-4-6-9-16)20(25)15(2)23-19(24)12-11-17(21-23)18-10-7-13-26-18/h4-13,15H,3,14H2,1-2H3. The first-order valence-corrected chi connectivity index (χ1v) is 9.44. The second-order valence-corrected chi connectivity index (χ2v) is 6.94. The molecule has 1 amide bonds. The van der Waals surface area contributed by atoms with Gasteiger partial charge in [-0.1, -0.05) is 36.4 Å². The van der Waals surface area contributed by atoms with Gasteiger partial charge in [0.1, 0.15) is 11.7 Å². The Morgan fingerprint density at radius 1 is 1.15 bits per heavy atom. The largest absolute Gasteiger partial charge is 0.337 e. The van der Waals surface area contributed by atoms with Crippen molar-refractivity contribution in [3.8, 4) is 10.6 Å². The van der Waals surface area contributed by atoms with Crippen LogP contribution in [0.2, 0.25) is 0 Å². The minimum atomic E-state index is -0.661. The molecule has 0 N–H and O–H groups in total. The van der Waals surface area contributed by atoms with E-state index in [1.54, 1.807) is 29.2 Å². The monoisotopic (exact) mass is 367 g/mol. The van der Waals surface area contributed by atoms with Crippen molar-refractivity contribution in [3.63, 3.8) is 0 Å². The van der Waals surface area contributed by atoms with Crippen molar-refractivity contribution in [2.45, 2.75) is 26.4 Å². The first kappa shape index (κ1) is 18.1. The molecule has 1 unspecified atom stereocenters. The molecule has 0 aliphatic rings. The average molecular weight is 367 g/mol. The van der Waals surface area contributed by atoms with Gasteiger partial charge in [-0.3, -0.25) is 9.59 Å². The van der Waals surface area contributed by atoms with Crippen LogP contribution in [0.4, 0.5) is 0 Å². The van der Waals surface area contributed by atoms with Crippen LogP contribution < -0.4 is 5.56 Å². The van der Waals surface area contributed by atoms with Gasteiger partial charge in [-0.05, 0) is 36.9 Å². The predicted octanol–water partition coefficient (Wildman–Crippen LogP) is 3.58. The lowest BCUT2D eigenvalue weighted by molar-refractivity contribution is -0.135. The minimum Gasteiger partial charge on any atom is -0.337 e. The quantitative estimate of drug-likeness (QED) is 0.669. The second kappa shape index (κ2) is 8.10. The van der Waals surface area contributed by atoms with Gasteiger partial charge in [-0.2, -0.15) is 5.10 Å². The SMILES string of the molecule is CCN(Cc1ccccc1)C(=O)C(C)n1nc(-c2cccs2)ccc1=O. The van der Waals surface area contributed by atoms with Crippen LogP contribution in [-0.2, 0) is 11.3 Å². The van der Waals surface area contributed by atoms with E-state index in [1.165, 1.54) is 10.7 Å². The number of likely N-dealkylation sites (N-methyl/N-ethyl adjacent to an activating group) is 1. The lowest BCUT2D eigenvalue weighted by Crippen LogP contribution is -2.39. The van der Waals surface area contributed by atoms with Crippen LogP contribution in [0.15, 0.2) is 64.8 Å². The topological polar surface area (TPSA) is 55.2 Å².